The lowest BCUT2D eigenvalue weighted by Crippen LogP contribution is -2.39. The maximum atomic E-state index is 12.5. The van der Waals surface area contributed by atoms with E-state index in [1.165, 1.54) is 5.01 Å². The summed E-state index contributed by atoms with van der Waals surface area (Å²) in [4.78, 5) is 24.2. The molecule has 3 N–H and O–H groups in total. The zero-order valence-corrected chi connectivity index (χ0v) is 13.4. The average Bonchev–Trinajstić information content (AvgIpc) is 3.12. The Balaban J connectivity index is 1.84. The number of amides is 2. The lowest BCUT2D eigenvalue weighted by Gasteiger charge is -2.20. The molecule has 124 valence electrons. The number of nitrogens with zero attached hydrogens (tertiary/aromatic N) is 4. The van der Waals surface area contributed by atoms with Gasteiger partial charge in [-0.3, -0.25) is 19.3 Å². The molecule has 3 rings (SSSR count). The van der Waals surface area contributed by atoms with Crippen molar-refractivity contribution < 1.29 is 9.59 Å². The molecular weight excluding hydrogens is 308 g/mol. The number of benzene rings is 1. The summed E-state index contributed by atoms with van der Waals surface area (Å²) in [6.07, 6.45) is 0.160. The van der Waals surface area contributed by atoms with E-state index in [1.807, 2.05) is 37.3 Å². The van der Waals surface area contributed by atoms with E-state index in [0.29, 0.717) is 11.5 Å². The van der Waals surface area contributed by atoms with Crippen LogP contribution in [0.25, 0.3) is 0 Å². The van der Waals surface area contributed by atoms with Gasteiger partial charge in [0, 0.05) is 19.5 Å². The molecule has 1 aromatic heterocycles. The van der Waals surface area contributed by atoms with Crippen LogP contribution in [0.5, 0.6) is 0 Å². The Morgan fingerprint density at radius 1 is 1.29 bits per heavy atom. The Bertz CT molecular complexity index is 811. The van der Waals surface area contributed by atoms with Crippen LogP contribution < -0.4 is 16.1 Å². The average molecular weight is 326 g/mol. The van der Waals surface area contributed by atoms with Gasteiger partial charge in [0.05, 0.1) is 11.4 Å². The number of hydrazone groups is 1. The van der Waals surface area contributed by atoms with E-state index in [1.54, 1.807) is 17.8 Å². The van der Waals surface area contributed by atoms with Crippen LogP contribution in [0.4, 0.5) is 11.5 Å². The van der Waals surface area contributed by atoms with Gasteiger partial charge in [0.25, 0.3) is 5.91 Å². The zero-order chi connectivity index (χ0) is 17.3. The second-order valence-electron chi connectivity index (χ2n) is 5.60. The minimum Gasteiger partial charge on any atom is -0.368 e. The topological polar surface area (TPSA) is 106 Å². The van der Waals surface area contributed by atoms with Crippen LogP contribution in [-0.2, 0) is 16.6 Å². The molecule has 1 aromatic carbocycles. The number of anilines is 2. The molecule has 2 aromatic rings. The summed E-state index contributed by atoms with van der Waals surface area (Å²) in [7, 11) is 1.74. The molecule has 0 spiro atoms. The minimum atomic E-state index is -0.679. The Kier molecular flexibility index (Phi) is 4.03. The van der Waals surface area contributed by atoms with Crippen LogP contribution in [0.15, 0.2) is 41.5 Å². The fourth-order valence-electron chi connectivity index (χ4n) is 2.60. The maximum absolute atomic E-state index is 12.5. The Labute approximate surface area is 138 Å². The van der Waals surface area contributed by atoms with Crippen molar-refractivity contribution in [1.29, 1.82) is 0 Å². The highest BCUT2D eigenvalue weighted by atomic mass is 16.2. The summed E-state index contributed by atoms with van der Waals surface area (Å²) < 4.78 is 1.57. The van der Waals surface area contributed by atoms with Crippen molar-refractivity contribution in [3.63, 3.8) is 0 Å². The summed E-state index contributed by atoms with van der Waals surface area (Å²) >= 11 is 0. The molecule has 1 aliphatic rings. The van der Waals surface area contributed by atoms with Gasteiger partial charge in [-0.15, -0.1) is 0 Å². The third-order valence-corrected chi connectivity index (χ3v) is 3.77. The first kappa shape index (κ1) is 15.7. The molecule has 0 saturated carbocycles. The van der Waals surface area contributed by atoms with E-state index in [4.69, 9.17) is 5.73 Å². The third-order valence-electron chi connectivity index (χ3n) is 3.77. The van der Waals surface area contributed by atoms with Crippen molar-refractivity contribution in [3.05, 3.63) is 42.1 Å². The number of aryl methyl sites for hydroxylation is 2. The quantitative estimate of drug-likeness (QED) is 0.866. The van der Waals surface area contributed by atoms with Crippen molar-refractivity contribution in [2.45, 2.75) is 19.4 Å². The Morgan fingerprint density at radius 2 is 2.00 bits per heavy atom. The van der Waals surface area contributed by atoms with Crippen molar-refractivity contribution in [2.24, 2.45) is 17.9 Å². The second kappa shape index (κ2) is 6.15. The number of nitrogens with two attached hydrogens (primary N) is 1. The molecule has 0 fully saturated rings. The van der Waals surface area contributed by atoms with Gasteiger partial charge in [0.2, 0.25) is 5.91 Å². The van der Waals surface area contributed by atoms with Gasteiger partial charge in [-0.2, -0.15) is 10.2 Å². The molecule has 8 heteroatoms. The van der Waals surface area contributed by atoms with Gasteiger partial charge >= 0.3 is 0 Å². The Morgan fingerprint density at radius 3 is 2.58 bits per heavy atom. The van der Waals surface area contributed by atoms with Crippen LogP contribution in [0.3, 0.4) is 0 Å². The van der Waals surface area contributed by atoms with E-state index < -0.39 is 11.9 Å². The van der Waals surface area contributed by atoms with Gasteiger partial charge in [0.15, 0.2) is 0 Å². The first-order valence-corrected chi connectivity index (χ1v) is 7.49. The molecule has 24 heavy (non-hydrogen) atoms. The second-order valence-corrected chi connectivity index (χ2v) is 5.60. The predicted molar refractivity (Wildman–Crippen MR) is 90.5 cm³/mol. The number of carbonyl (C=O) groups is 2. The van der Waals surface area contributed by atoms with Gasteiger partial charge in [-0.25, -0.2) is 0 Å². The van der Waals surface area contributed by atoms with Gasteiger partial charge < -0.3 is 11.1 Å². The lowest BCUT2D eigenvalue weighted by atomic mass is 10.1. The molecule has 2 amide bonds. The van der Waals surface area contributed by atoms with E-state index in [0.717, 1.165) is 5.69 Å². The maximum Gasteiger partial charge on any atom is 0.273 e. The number of primary amides is 1. The highest BCUT2D eigenvalue weighted by molar-refractivity contribution is 6.44. The number of hydrogen-bond acceptors (Lipinski definition) is 5. The number of hydrogen-bond donors (Lipinski definition) is 2. The van der Waals surface area contributed by atoms with Crippen molar-refractivity contribution in [2.75, 3.05) is 10.3 Å². The monoisotopic (exact) mass is 326 g/mol. The first-order valence-electron chi connectivity index (χ1n) is 7.49. The largest absolute Gasteiger partial charge is 0.368 e. The van der Waals surface area contributed by atoms with E-state index in [-0.39, 0.29) is 18.0 Å². The van der Waals surface area contributed by atoms with Crippen molar-refractivity contribution in [1.82, 2.24) is 9.78 Å². The van der Waals surface area contributed by atoms with Gasteiger partial charge in [-0.1, -0.05) is 18.2 Å². The molecule has 1 atom stereocenters. The SMILES string of the molecule is Cc1cc(NC(=O)C2=NN(c3ccccc3)[C@H](C(N)=O)C2)n(C)n1. The summed E-state index contributed by atoms with van der Waals surface area (Å²) in [5.74, 6) is -0.335. The zero-order valence-electron chi connectivity index (χ0n) is 13.4. The van der Waals surface area contributed by atoms with Crippen LogP contribution in [0, 0.1) is 6.92 Å². The molecule has 0 bridgehead atoms. The number of aromatic nitrogens is 2. The molecular formula is C16H18N6O2. The summed E-state index contributed by atoms with van der Waals surface area (Å²) in [5, 5.41) is 12.7. The number of nitrogens with one attached hydrogen (secondary N) is 1. The highest BCUT2D eigenvalue weighted by Crippen LogP contribution is 2.24. The number of rotatable bonds is 4. The molecule has 0 radical (unpaired) electrons. The molecule has 0 saturated heterocycles. The third kappa shape index (κ3) is 2.98. The standard InChI is InChI=1S/C16H18N6O2/c1-10-8-14(21(2)19-10)18-16(24)12-9-13(15(17)23)22(20-12)11-6-4-3-5-7-11/h3-8,13H,9H2,1-2H3,(H2,17,23)(H,18,24)/t13-/m0/s1. The smallest absolute Gasteiger partial charge is 0.273 e. The minimum absolute atomic E-state index is 0.160. The molecule has 2 heterocycles. The lowest BCUT2D eigenvalue weighted by molar-refractivity contribution is -0.119. The molecule has 0 aliphatic carbocycles. The van der Waals surface area contributed by atoms with Crippen LogP contribution in [0.2, 0.25) is 0 Å². The van der Waals surface area contributed by atoms with Crippen molar-refractivity contribution in [3.8, 4) is 0 Å². The predicted octanol–water partition coefficient (Wildman–Crippen LogP) is 0.787. The normalized spacial score (nSPS) is 16.8. The summed E-state index contributed by atoms with van der Waals surface area (Å²) in [6.45, 7) is 1.84. The van der Waals surface area contributed by atoms with Gasteiger partial charge in [0.1, 0.15) is 17.6 Å². The number of para-hydroxylation sites is 1. The summed E-state index contributed by atoms with van der Waals surface area (Å²) in [5.41, 5.74) is 7.22. The fourth-order valence-corrected chi connectivity index (χ4v) is 2.60. The number of carbonyl (C=O) groups excluding carboxylic acids is 2. The summed E-state index contributed by atoms with van der Waals surface area (Å²) in [6, 6.07) is 10.2. The van der Waals surface area contributed by atoms with E-state index in [9.17, 15) is 9.59 Å². The molecule has 8 nitrogen and oxygen atoms in total. The van der Waals surface area contributed by atoms with Crippen molar-refractivity contribution >= 4 is 29.0 Å². The van der Waals surface area contributed by atoms with E-state index >= 15 is 0 Å². The molecule has 1 aliphatic heterocycles. The Hall–Kier alpha value is -3.16. The van der Waals surface area contributed by atoms with Gasteiger partial charge in [-0.05, 0) is 19.1 Å². The highest BCUT2D eigenvalue weighted by Gasteiger charge is 2.35. The van der Waals surface area contributed by atoms with Crippen LogP contribution in [-0.4, -0.2) is 33.3 Å². The van der Waals surface area contributed by atoms with Crippen LogP contribution >= 0.6 is 0 Å². The fraction of sp³-hybridized carbons (Fsp3) is 0.250. The van der Waals surface area contributed by atoms with Crippen LogP contribution in [0.1, 0.15) is 12.1 Å². The first-order chi connectivity index (χ1) is 11.5. The van der Waals surface area contributed by atoms with E-state index in [2.05, 4.69) is 15.5 Å². The molecule has 0 unspecified atom stereocenters.